The Bertz CT molecular complexity index is 1520. The third kappa shape index (κ3) is 4.91. The zero-order chi connectivity index (χ0) is 27.1. The molecular formula is C24H17ClFN3O7S2. The monoisotopic (exact) mass is 577 g/mol. The van der Waals surface area contributed by atoms with E-state index in [2.05, 4.69) is 10.3 Å². The van der Waals surface area contributed by atoms with E-state index in [-0.39, 0.29) is 10.8 Å². The summed E-state index contributed by atoms with van der Waals surface area (Å²) < 4.78 is 18.9. The number of benzene rings is 2. The number of fused-ring (bicyclic) bond motifs is 2. The number of hydrogen-bond donors (Lipinski definition) is 3. The molecule has 2 aromatic carbocycles. The SMILES string of the molecule is O=C(O)CN1C(=O)[C@@H]2[C@H](c3cc(Cl)ccc3OCC(=O)Nc3ccc(F)cc3)c3sc(=O)[nH]c3S[C@@H]2C1=O. The van der Waals surface area contributed by atoms with Crippen LogP contribution in [-0.2, 0) is 19.2 Å². The van der Waals surface area contributed by atoms with Gasteiger partial charge in [0, 0.05) is 27.1 Å². The molecule has 2 aliphatic heterocycles. The number of likely N-dealkylation sites (tertiary alicyclic amines) is 1. The van der Waals surface area contributed by atoms with Crippen molar-refractivity contribution in [1.29, 1.82) is 0 Å². The highest BCUT2D eigenvalue weighted by Crippen LogP contribution is 2.54. The lowest BCUT2D eigenvalue weighted by Gasteiger charge is -2.31. The van der Waals surface area contributed by atoms with Crippen LogP contribution in [0.3, 0.4) is 0 Å². The van der Waals surface area contributed by atoms with Crippen LogP contribution >= 0.6 is 34.7 Å². The molecule has 3 amide bonds. The molecule has 196 valence electrons. The van der Waals surface area contributed by atoms with Crippen molar-refractivity contribution in [3.63, 3.8) is 0 Å². The van der Waals surface area contributed by atoms with Crippen LogP contribution in [0.2, 0.25) is 5.02 Å². The first-order valence-corrected chi connectivity index (χ1v) is 13.1. The number of amides is 3. The molecule has 3 aromatic rings. The number of carboxylic acids is 1. The number of nitrogens with one attached hydrogen (secondary N) is 2. The van der Waals surface area contributed by atoms with Crippen molar-refractivity contribution in [2.45, 2.75) is 16.2 Å². The maximum atomic E-state index is 13.4. The predicted octanol–water partition coefficient (Wildman–Crippen LogP) is 2.92. The number of nitrogens with zero attached hydrogens (tertiary/aromatic N) is 1. The van der Waals surface area contributed by atoms with E-state index in [4.69, 9.17) is 16.3 Å². The molecule has 5 rings (SSSR count). The van der Waals surface area contributed by atoms with E-state index in [1.807, 2.05) is 0 Å². The van der Waals surface area contributed by atoms with Gasteiger partial charge < -0.3 is 20.1 Å². The number of thiazole rings is 1. The molecule has 1 fully saturated rings. The molecule has 0 saturated carbocycles. The average molecular weight is 578 g/mol. The van der Waals surface area contributed by atoms with Gasteiger partial charge in [-0.3, -0.25) is 28.9 Å². The largest absolute Gasteiger partial charge is 0.483 e. The normalized spacial score (nSPS) is 20.2. The van der Waals surface area contributed by atoms with E-state index in [0.717, 1.165) is 23.1 Å². The van der Waals surface area contributed by atoms with Crippen molar-refractivity contribution in [3.05, 3.63) is 73.4 Å². The van der Waals surface area contributed by atoms with Crippen LogP contribution in [0.1, 0.15) is 16.4 Å². The van der Waals surface area contributed by atoms with E-state index in [0.29, 0.717) is 26.1 Å². The number of carboxylic acid groups (broad SMARTS) is 1. The van der Waals surface area contributed by atoms with Gasteiger partial charge in [0.2, 0.25) is 11.8 Å². The van der Waals surface area contributed by atoms with Crippen molar-refractivity contribution >= 4 is 64.1 Å². The van der Waals surface area contributed by atoms with Crippen molar-refractivity contribution in [2.75, 3.05) is 18.5 Å². The van der Waals surface area contributed by atoms with Gasteiger partial charge in [0.1, 0.15) is 23.4 Å². The number of anilines is 1. The van der Waals surface area contributed by atoms with Gasteiger partial charge in [0.15, 0.2) is 6.61 Å². The van der Waals surface area contributed by atoms with Gasteiger partial charge in [-0.15, -0.1) is 0 Å². The Labute approximate surface area is 226 Å². The Hall–Kier alpha value is -3.68. The Morgan fingerprint density at radius 3 is 2.58 bits per heavy atom. The van der Waals surface area contributed by atoms with Crippen molar-refractivity contribution in [1.82, 2.24) is 9.88 Å². The predicted molar refractivity (Wildman–Crippen MR) is 136 cm³/mol. The number of H-pyrrole nitrogens is 1. The van der Waals surface area contributed by atoms with Crippen LogP contribution < -0.4 is 14.9 Å². The van der Waals surface area contributed by atoms with Crippen LogP contribution in [0.4, 0.5) is 10.1 Å². The number of imide groups is 1. The van der Waals surface area contributed by atoms with Crippen LogP contribution in [0.15, 0.2) is 52.3 Å². The standard InChI is InChI=1S/C24H17ClFN3O7S2/c25-10-1-6-14(36-9-15(30)27-12-4-2-11(26)3-5-12)13(7-10)17-18-20(37-21-19(17)38-24(35)28-21)23(34)29(22(18)33)8-16(31)32/h1-7,17-18,20H,8-9H2,(H,27,30)(H,28,35)(H,31,32)/t17-,18+,20-/m0/s1. The van der Waals surface area contributed by atoms with E-state index >= 15 is 0 Å². The molecule has 38 heavy (non-hydrogen) atoms. The van der Waals surface area contributed by atoms with Gasteiger partial charge in [-0.05, 0) is 42.5 Å². The summed E-state index contributed by atoms with van der Waals surface area (Å²) in [5.41, 5.74) is 0.719. The summed E-state index contributed by atoms with van der Waals surface area (Å²) in [6.07, 6.45) is 0. The van der Waals surface area contributed by atoms with Gasteiger partial charge in [-0.2, -0.15) is 0 Å². The number of thioether (sulfide) groups is 1. The van der Waals surface area contributed by atoms with E-state index in [9.17, 15) is 33.5 Å². The van der Waals surface area contributed by atoms with Crippen molar-refractivity contribution in [3.8, 4) is 5.75 Å². The summed E-state index contributed by atoms with van der Waals surface area (Å²) in [5, 5.41) is 11.5. The van der Waals surface area contributed by atoms with Crippen molar-refractivity contribution < 1.29 is 33.4 Å². The summed E-state index contributed by atoms with van der Waals surface area (Å²) in [5.74, 6) is -5.41. The maximum absolute atomic E-state index is 13.4. The van der Waals surface area contributed by atoms with Gasteiger partial charge in [0.05, 0.1) is 10.9 Å². The smallest absolute Gasteiger partial charge is 0.323 e. The van der Waals surface area contributed by atoms with Crippen LogP contribution in [-0.4, -0.2) is 57.1 Å². The molecule has 3 heterocycles. The summed E-state index contributed by atoms with van der Waals surface area (Å²) in [7, 11) is 0. The fourth-order valence-corrected chi connectivity index (χ4v) is 7.18. The molecule has 0 radical (unpaired) electrons. The number of aromatic nitrogens is 1. The van der Waals surface area contributed by atoms with Crippen LogP contribution in [0.25, 0.3) is 0 Å². The van der Waals surface area contributed by atoms with Gasteiger partial charge in [0.25, 0.3) is 5.91 Å². The van der Waals surface area contributed by atoms with Crippen molar-refractivity contribution in [2.24, 2.45) is 5.92 Å². The minimum absolute atomic E-state index is 0.183. The molecule has 1 aromatic heterocycles. The minimum Gasteiger partial charge on any atom is -0.483 e. The second-order valence-electron chi connectivity index (χ2n) is 8.43. The second-order valence-corrected chi connectivity index (χ2v) is 11.0. The molecule has 0 bridgehead atoms. The molecule has 3 atom stereocenters. The number of carbonyl (C=O) groups is 4. The summed E-state index contributed by atoms with van der Waals surface area (Å²) >= 11 is 8.15. The number of aromatic amines is 1. The van der Waals surface area contributed by atoms with E-state index in [1.54, 1.807) is 0 Å². The number of halogens is 2. The third-order valence-corrected chi connectivity index (χ3v) is 8.64. The first-order valence-electron chi connectivity index (χ1n) is 11.1. The van der Waals surface area contributed by atoms with E-state index in [1.165, 1.54) is 42.5 Å². The third-order valence-electron chi connectivity index (χ3n) is 6.00. The first-order chi connectivity index (χ1) is 18.1. The Balaban J connectivity index is 1.49. The number of rotatable bonds is 7. The lowest BCUT2D eigenvalue weighted by atomic mass is 9.82. The molecule has 14 heteroatoms. The van der Waals surface area contributed by atoms with Gasteiger partial charge >= 0.3 is 10.8 Å². The Kier molecular flexibility index (Phi) is 6.99. The fraction of sp³-hybridized carbons (Fsp3) is 0.208. The van der Waals surface area contributed by atoms with E-state index < -0.39 is 64.6 Å². The van der Waals surface area contributed by atoms with Gasteiger partial charge in [-0.25, -0.2) is 4.39 Å². The molecule has 0 aliphatic carbocycles. The summed E-state index contributed by atoms with van der Waals surface area (Å²) in [4.78, 5) is 65.9. The fourth-order valence-electron chi connectivity index (χ4n) is 4.47. The number of ether oxygens (including phenoxy) is 1. The summed E-state index contributed by atoms with van der Waals surface area (Å²) in [6.45, 7) is -1.24. The zero-order valence-corrected chi connectivity index (χ0v) is 21.5. The molecule has 0 unspecified atom stereocenters. The lowest BCUT2D eigenvalue weighted by Crippen LogP contribution is -2.36. The first kappa shape index (κ1) is 25.9. The van der Waals surface area contributed by atoms with Crippen LogP contribution in [0.5, 0.6) is 5.75 Å². The second kappa shape index (κ2) is 10.2. The number of aliphatic carboxylic acids is 1. The average Bonchev–Trinajstić information content (AvgIpc) is 3.35. The lowest BCUT2D eigenvalue weighted by molar-refractivity contribution is -0.149. The summed E-state index contributed by atoms with van der Waals surface area (Å²) in [6, 6.07) is 9.72. The highest BCUT2D eigenvalue weighted by atomic mass is 35.5. The Morgan fingerprint density at radius 2 is 1.87 bits per heavy atom. The van der Waals surface area contributed by atoms with Crippen LogP contribution in [0, 0.1) is 11.7 Å². The highest BCUT2D eigenvalue weighted by Gasteiger charge is 2.56. The van der Waals surface area contributed by atoms with Gasteiger partial charge in [-0.1, -0.05) is 34.7 Å². The zero-order valence-electron chi connectivity index (χ0n) is 19.1. The molecular weight excluding hydrogens is 561 g/mol. The quantitative estimate of drug-likeness (QED) is 0.363. The maximum Gasteiger partial charge on any atom is 0.323 e. The molecule has 2 aliphatic rings. The number of hydrogen-bond acceptors (Lipinski definition) is 8. The molecule has 0 spiro atoms. The topological polar surface area (TPSA) is 146 Å². The molecule has 10 nitrogen and oxygen atoms in total. The molecule has 1 saturated heterocycles. The Morgan fingerprint density at radius 1 is 1.13 bits per heavy atom. The molecule has 3 N–H and O–H groups in total. The minimum atomic E-state index is -1.34. The number of carbonyl (C=O) groups excluding carboxylic acids is 3. The highest BCUT2D eigenvalue weighted by molar-refractivity contribution is 8.00.